The van der Waals surface area contributed by atoms with Gasteiger partial charge in [-0.05, 0) is 58.2 Å². The summed E-state index contributed by atoms with van der Waals surface area (Å²) in [4.78, 5) is 14.5. The number of aliphatic hydroxyl groups is 2. The second-order valence-corrected chi connectivity index (χ2v) is 7.70. The van der Waals surface area contributed by atoms with Crippen molar-refractivity contribution in [2.75, 3.05) is 13.1 Å². The summed E-state index contributed by atoms with van der Waals surface area (Å²) in [5.74, 6) is -0.154. The van der Waals surface area contributed by atoms with Gasteiger partial charge in [-0.15, -0.1) is 0 Å². The SMILES string of the molecule is CC(C)N1C[C@@H](O)[C@H](NC(=O)c2ccc(CCC(C)(C)O)cc2)C1. The molecule has 1 aliphatic heterocycles. The molecule has 1 fully saturated rings. The van der Waals surface area contributed by atoms with E-state index in [1.165, 1.54) is 0 Å². The van der Waals surface area contributed by atoms with Crippen molar-refractivity contribution in [2.45, 2.75) is 64.3 Å². The highest BCUT2D eigenvalue weighted by Crippen LogP contribution is 2.16. The van der Waals surface area contributed by atoms with Gasteiger partial charge in [0.15, 0.2) is 0 Å². The molecule has 0 saturated carbocycles. The van der Waals surface area contributed by atoms with E-state index in [0.29, 0.717) is 31.1 Å². The molecule has 24 heavy (non-hydrogen) atoms. The fraction of sp³-hybridized carbons (Fsp3) is 0.632. The topological polar surface area (TPSA) is 72.8 Å². The zero-order chi connectivity index (χ0) is 17.9. The van der Waals surface area contributed by atoms with E-state index >= 15 is 0 Å². The molecule has 1 amide bonds. The van der Waals surface area contributed by atoms with Crippen molar-refractivity contribution >= 4 is 5.91 Å². The fourth-order valence-electron chi connectivity index (χ4n) is 2.90. The lowest BCUT2D eigenvalue weighted by Crippen LogP contribution is -2.43. The molecule has 0 radical (unpaired) electrons. The summed E-state index contributed by atoms with van der Waals surface area (Å²) in [5.41, 5.74) is 1.01. The lowest BCUT2D eigenvalue weighted by atomic mass is 9.98. The number of likely N-dealkylation sites (tertiary alicyclic amines) is 1. The second-order valence-electron chi connectivity index (χ2n) is 7.70. The number of carbonyl (C=O) groups is 1. The third kappa shape index (κ3) is 5.30. The van der Waals surface area contributed by atoms with E-state index in [1.807, 2.05) is 12.1 Å². The smallest absolute Gasteiger partial charge is 0.251 e. The van der Waals surface area contributed by atoms with Crippen molar-refractivity contribution in [3.05, 3.63) is 35.4 Å². The molecule has 1 aliphatic rings. The van der Waals surface area contributed by atoms with Crippen molar-refractivity contribution < 1.29 is 15.0 Å². The Balaban J connectivity index is 1.91. The van der Waals surface area contributed by atoms with Gasteiger partial charge in [-0.1, -0.05) is 12.1 Å². The van der Waals surface area contributed by atoms with Gasteiger partial charge in [0.25, 0.3) is 5.91 Å². The first-order chi connectivity index (χ1) is 11.2. The number of hydrogen-bond donors (Lipinski definition) is 3. The van der Waals surface area contributed by atoms with Crippen LogP contribution >= 0.6 is 0 Å². The Morgan fingerprint density at radius 1 is 1.29 bits per heavy atom. The minimum absolute atomic E-state index is 0.154. The molecule has 1 saturated heterocycles. The van der Waals surface area contributed by atoms with Crippen molar-refractivity contribution in [3.63, 3.8) is 0 Å². The van der Waals surface area contributed by atoms with Crippen LogP contribution in [0, 0.1) is 0 Å². The van der Waals surface area contributed by atoms with Crippen LogP contribution in [-0.4, -0.2) is 57.9 Å². The molecular weight excluding hydrogens is 304 g/mol. The van der Waals surface area contributed by atoms with Crippen molar-refractivity contribution in [1.82, 2.24) is 10.2 Å². The van der Waals surface area contributed by atoms with Gasteiger partial charge in [0.05, 0.1) is 17.7 Å². The second kappa shape index (κ2) is 7.64. The molecule has 1 aromatic carbocycles. The maximum atomic E-state index is 12.4. The highest BCUT2D eigenvalue weighted by Gasteiger charge is 2.33. The number of aryl methyl sites for hydroxylation is 1. The van der Waals surface area contributed by atoms with Crippen LogP contribution in [-0.2, 0) is 6.42 Å². The van der Waals surface area contributed by atoms with E-state index in [0.717, 1.165) is 12.0 Å². The Kier molecular flexibility index (Phi) is 6.01. The Labute approximate surface area is 144 Å². The highest BCUT2D eigenvalue weighted by atomic mass is 16.3. The van der Waals surface area contributed by atoms with Gasteiger partial charge in [0.1, 0.15) is 0 Å². The Bertz CT molecular complexity index is 549. The summed E-state index contributed by atoms with van der Waals surface area (Å²) in [7, 11) is 0. The van der Waals surface area contributed by atoms with Crippen LogP contribution in [0.1, 0.15) is 50.0 Å². The Morgan fingerprint density at radius 2 is 1.92 bits per heavy atom. The minimum atomic E-state index is -0.684. The zero-order valence-corrected chi connectivity index (χ0v) is 15.1. The predicted molar refractivity (Wildman–Crippen MR) is 95.0 cm³/mol. The van der Waals surface area contributed by atoms with Crippen LogP contribution in [0.4, 0.5) is 0 Å². The first-order valence-electron chi connectivity index (χ1n) is 8.70. The van der Waals surface area contributed by atoms with Crippen molar-refractivity contribution in [3.8, 4) is 0 Å². The van der Waals surface area contributed by atoms with E-state index < -0.39 is 11.7 Å². The molecule has 2 rings (SSSR count). The first-order valence-corrected chi connectivity index (χ1v) is 8.70. The number of hydrogen-bond acceptors (Lipinski definition) is 4. The summed E-state index contributed by atoms with van der Waals surface area (Å²) < 4.78 is 0. The maximum absolute atomic E-state index is 12.4. The molecule has 2 atom stereocenters. The van der Waals surface area contributed by atoms with Crippen LogP contribution in [0.2, 0.25) is 0 Å². The van der Waals surface area contributed by atoms with Gasteiger partial charge in [-0.3, -0.25) is 9.69 Å². The molecule has 3 N–H and O–H groups in total. The predicted octanol–water partition coefficient (Wildman–Crippen LogP) is 1.57. The number of β-amino-alcohol motifs (C(OH)–C–C–N with tert-alkyl or cyclic N) is 1. The minimum Gasteiger partial charge on any atom is -0.390 e. The quantitative estimate of drug-likeness (QED) is 0.738. The highest BCUT2D eigenvalue weighted by molar-refractivity contribution is 5.94. The molecule has 5 heteroatoms. The number of benzene rings is 1. The summed E-state index contributed by atoms with van der Waals surface area (Å²) >= 11 is 0. The molecule has 0 aliphatic carbocycles. The lowest BCUT2D eigenvalue weighted by Gasteiger charge is -2.20. The fourth-order valence-corrected chi connectivity index (χ4v) is 2.90. The van der Waals surface area contributed by atoms with E-state index in [1.54, 1.807) is 26.0 Å². The summed E-state index contributed by atoms with van der Waals surface area (Å²) in [6.45, 7) is 9.03. The van der Waals surface area contributed by atoms with Crippen LogP contribution < -0.4 is 5.32 Å². The standard InChI is InChI=1S/C19H30N2O3/c1-13(2)21-11-16(17(22)12-21)20-18(23)15-7-5-14(6-8-15)9-10-19(3,4)24/h5-8,13,16-17,22,24H,9-12H2,1-4H3,(H,20,23)/t16-,17-/m1/s1. The van der Waals surface area contributed by atoms with E-state index in [-0.39, 0.29) is 11.9 Å². The van der Waals surface area contributed by atoms with Gasteiger partial charge in [0.2, 0.25) is 0 Å². The normalized spacial score (nSPS) is 22.1. The van der Waals surface area contributed by atoms with Crippen molar-refractivity contribution in [2.24, 2.45) is 0 Å². The Morgan fingerprint density at radius 3 is 2.42 bits per heavy atom. The summed E-state index contributed by atoms with van der Waals surface area (Å²) in [6.07, 6.45) is 0.927. The average molecular weight is 334 g/mol. The van der Waals surface area contributed by atoms with E-state index in [2.05, 4.69) is 24.1 Å². The number of aliphatic hydroxyl groups excluding tert-OH is 1. The van der Waals surface area contributed by atoms with Gasteiger partial charge in [-0.25, -0.2) is 0 Å². The van der Waals surface area contributed by atoms with Gasteiger partial charge < -0.3 is 15.5 Å². The first kappa shape index (κ1) is 18.9. The van der Waals surface area contributed by atoms with Crippen LogP contribution in [0.5, 0.6) is 0 Å². The largest absolute Gasteiger partial charge is 0.390 e. The number of carbonyl (C=O) groups excluding carboxylic acids is 1. The van der Waals surface area contributed by atoms with Gasteiger partial charge >= 0.3 is 0 Å². The monoisotopic (exact) mass is 334 g/mol. The number of nitrogens with zero attached hydrogens (tertiary/aromatic N) is 1. The van der Waals surface area contributed by atoms with Gasteiger partial charge in [0, 0.05) is 24.7 Å². The molecule has 0 unspecified atom stereocenters. The average Bonchev–Trinajstić information content (AvgIpc) is 2.86. The van der Waals surface area contributed by atoms with Crippen LogP contribution in [0.25, 0.3) is 0 Å². The number of amides is 1. The molecule has 0 spiro atoms. The van der Waals surface area contributed by atoms with E-state index in [9.17, 15) is 15.0 Å². The van der Waals surface area contributed by atoms with Gasteiger partial charge in [-0.2, -0.15) is 0 Å². The Hall–Kier alpha value is -1.43. The van der Waals surface area contributed by atoms with Crippen molar-refractivity contribution in [1.29, 1.82) is 0 Å². The molecule has 1 heterocycles. The molecule has 5 nitrogen and oxygen atoms in total. The third-order valence-electron chi connectivity index (χ3n) is 4.61. The molecule has 0 bridgehead atoms. The number of rotatable bonds is 6. The third-order valence-corrected chi connectivity index (χ3v) is 4.61. The summed E-state index contributed by atoms with van der Waals surface area (Å²) in [6, 6.07) is 7.58. The number of nitrogens with one attached hydrogen (secondary N) is 1. The van der Waals surface area contributed by atoms with E-state index in [4.69, 9.17) is 0 Å². The van der Waals surface area contributed by atoms with Crippen LogP contribution in [0.3, 0.4) is 0 Å². The summed E-state index contributed by atoms with van der Waals surface area (Å²) in [5, 5.41) is 22.8. The maximum Gasteiger partial charge on any atom is 0.251 e. The molecule has 134 valence electrons. The molecule has 1 aromatic rings. The molecular formula is C19H30N2O3. The van der Waals surface area contributed by atoms with Crippen LogP contribution in [0.15, 0.2) is 24.3 Å². The lowest BCUT2D eigenvalue weighted by molar-refractivity contribution is 0.0713. The zero-order valence-electron chi connectivity index (χ0n) is 15.1. The molecule has 0 aromatic heterocycles.